The fourth-order valence-electron chi connectivity index (χ4n) is 2.41. The van der Waals surface area contributed by atoms with E-state index in [1.807, 2.05) is 6.92 Å². The Balaban J connectivity index is 1.63. The van der Waals surface area contributed by atoms with Gasteiger partial charge in [-0.25, -0.2) is 23.1 Å². The zero-order chi connectivity index (χ0) is 17.9. The highest BCUT2D eigenvalue weighted by molar-refractivity contribution is 7.89. The molecule has 3 rings (SSSR count). The molecule has 0 saturated heterocycles. The van der Waals surface area contributed by atoms with Crippen molar-refractivity contribution in [1.29, 1.82) is 0 Å². The predicted molar refractivity (Wildman–Crippen MR) is 94.8 cm³/mol. The molecule has 0 radical (unpaired) electrons. The van der Waals surface area contributed by atoms with Crippen molar-refractivity contribution < 1.29 is 8.42 Å². The summed E-state index contributed by atoms with van der Waals surface area (Å²) in [5.41, 5.74) is 1.22. The summed E-state index contributed by atoms with van der Waals surface area (Å²) in [6.07, 6.45) is 3.49. The lowest BCUT2D eigenvalue weighted by molar-refractivity contribution is 0.566. The van der Waals surface area contributed by atoms with Gasteiger partial charge in [0.25, 0.3) is 5.56 Å². The molecule has 0 saturated carbocycles. The van der Waals surface area contributed by atoms with Gasteiger partial charge in [0.1, 0.15) is 0 Å². The maximum Gasteiger partial charge on any atom is 0.262 e. The number of nitrogens with one attached hydrogen (secondary N) is 1. The Hall–Kier alpha value is -2.58. The standard InChI is InChI=1S/C17H18N4O3S/c1-13-5-7-14(8-6-13)25(23,24)20-10-3-11-21-12-19-16-15(17(21)22)4-2-9-18-16/h2,4-9,12,20H,3,10-11H2,1H3. The molecular weight excluding hydrogens is 340 g/mol. The first-order valence-corrected chi connectivity index (χ1v) is 9.32. The summed E-state index contributed by atoms with van der Waals surface area (Å²) in [6.45, 7) is 2.50. The summed E-state index contributed by atoms with van der Waals surface area (Å²) in [5, 5.41) is 0.449. The molecule has 7 nitrogen and oxygen atoms in total. The summed E-state index contributed by atoms with van der Waals surface area (Å²) in [6, 6.07) is 10.0. The van der Waals surface area contributed by atoms with E-state index in [9.17, 15) is 13.2 Å². The number of benzene rings is 1. The summed E-state index contributed by atoms with van der Waals surface area (Å²) in [7, 11) is -3.54. The Bertz CT molecular complexity index is 1040. The van der Waals surface area contributed by atoms with Crippen LogP contribution in [0.15, 0.2) is 58.6 Å². The van der Waals surface area contributed by atoms with Gasteiger partial charge in [0.05, 0.1) is 16.6 Å². The van der Waals surface area contributed by atoms with E-state index in [-0.39, 0.29) is 17.0 Å². The van der Waals surface area contributed by atoms with Crippen LogP contribution in [0, 0.1) is 6.92 Å². The van der Waals surface area contributed by atoms with Gasteiger partial charge in [0.2, 0.25) is 10.0 Å². The highest BCUT2D eigenvalue weighted by atomic mass is 32.2. The summed E-state index contributed by atoms with van der Waals surface area (Å²) < 4.78 is 28.4. The molecule has 0 aliphatic heterocycles. The van der Waals surface area contributed by atoms with Crippen molar-refractivity contribution in [3.63, 3.8) is 0 Å². The smallest absolute Gasteiger partial charge is 0.262 e. The van der Waals surface area contributed by atoms with Gasteiger partial charge in [0.15, 0.2) is 5.65 Å². The second-order valence-electron chi connectivity index (χ2n) is 5.68. The van der Waals surface area contributed by atoms with E-state index in [0.29, 0.717) is 24.0 Å². The van der Waals surface area contributed by atoms with Crippen LogP contribution in [0.25, 0.3) is 11.0 Å². The average molecular weight is 358 g/mol. The van der Waals surface area contributed by atoms with Crippen molar-refractivity contribution in [2.75, 3.05) is 6.54 Å². The Morgan fingerprint density at radius 1 is 1.12 bits per heavy atom. The highest BCUT2D eigenvalue weighted by Crippen LogP contribution is 2.09. The molecule has 0 fully saturated rings. The zero-order valence-corrected chi connectivity index (χ0v) is 14.5. The number of hydrogen-bond donors (Lipinski definition) is 1. The van der Waals surface area contributed by atoms with Crippen molar-refractivity contribution in [2.45, 2.75) is 24.8 Å². The van der Waals surface area contributed by atoms with Crippen LogP contribution in [-0.4, -0.2) is 29.5 Å². The first kappa shape index (κ1) is 17.2. The van der Waals surface area contributed by atoms with Crippen molar-refractivity contribution in [1.82, 2.24) is 19.3 Å². The SMILES string of the molecule is Cc1ccc(S(=O)(=O)NCCCn2cnc3ncccc3c2=O)cc1. The van der Waals surface area contributed by atoms with Crippen LogP contribution < -0.4 is 10.3 Å². The fraction of sp³-hybridized carbons (Fsp3) is 0.235. The molecule has 0 aliphatic carbocycles. The van der Waals surface area contributed by atoms with E-state index >= 15 is 0 Å². The number of rotatable bonds is 6. The Labute approximate surface area is 145 Å². The van der Waals surface area contributed by atoms with Gasteiger partial charge in [-0.1, -0.05) is 17.7 Å². The van der Waals surface area contributed by atoms with Crippen molar-refractivity contribution in [3.05, 3.63) is 64.8 Å². The number of sulfonamides is 1. The molecule has 0 aliphatic rings. The van der Waals surface area contributed by atoms with Gasteiger partial charge >= 0.3 is 0 Å². The summed E-state index contributed by atoms with van der Waals surface area (Å²) in [5.74, 6) is 0. The van der Waals surface area contributed by atoms with Crippen LogP contribution in [0.2, 0.25) is 0 Å². The second kappa shape index (κ2) is 7.12. The predicted octanol–water partition coefficient (Wildman–Crippen LogP) is 1.47. The lowest BCUT2D eigenvalue weighted by Crippen LogP contribution is -2.27. The quantitative estimate of drug-likeness (QED) is 0.674. The molecule has 1 N–H and O–H groups in total. The number of aryl methyl sites for hydroxylation is 2. The van der Waals surface area contributed by atoms with E-state index in [0.717, 1.165) is 5.56 Å². The van der Waals surface area contributed by atoms with Crippen LogP contribution in [0.3, 0.4) is 0 Å². The van der Waals surface area contributed by atoms with Crippen molar-refractivity contribution in [3.8, 4) is 0 Å². The largest absolute Gasteiger partial charge is 0.299 e. The minimum absolute atomic E-state index is 0.181. The molecule has 25 heavy (non-hydrogen) atoms. The second-order valence-corrected chi connectivity index (χ2v) is 7.45. The molecule has 130 valence electrons. The van der Waals surface area contributed by atoms with E-state index in [1.165, 1.54) is 10.9 Å². The molecule has 0 amide bonds. The summed E-state index contributed by atoms with van der Waals surface area (Å²) >= 11 is 0. The molecule has 8 heteroatoms. The molecule has 1 aromatic carbocycles. The average Bonchev–Trinajstić information content (AvgIpc) is 2.61. The maximum atomic E-state index is 12.3. The molecule has 0 atom stereocenters. The third kappa shape index (κ3) is 3.92. The first-order chi connectivity index (χ1) is 12.0. The Morgan fingerprint density at radius 3 is 2.64 bits per heavy atom. The zero-order valence-electron chi connectivity index (χ0n) is 13.7. The number of fused-ring (bicyclic) bond motifs is 1. The van der Waals surface area contributed by atoms with E-state index in [4.69, 9.17) is 0 Å². The van der Waals surface area contributed by atoms with Gasteiger partial charge in [-0.05, 0) is 37.6 Å². The van der Waals surface area contributed by atoms with Gasteiger partial charge in [0, 0.05) is 19.3 Å². The van der Waals surface area contributed by atoms with Gasteiger partial charge < -0.3 is 0 Å². The van der Waals surface area contributed by atoms with Crippen LogP contribution in [0.1, 0.15) is 12.0 Å². The molecule has 2 heterocycles. The van der Waals surface area contributed by atoms with Crippen LogP contribution >= 0.6 is 0 Å². The Morgan fingerprint density at radius 2 is 1.88 bits per heavy atom. The van der Waals surface area contributed by atoms with Crippen molar-refractivity contribution >= 4 is 21.1 Å². The van der Waals surface area contributed by atoms with Gasteiger partial charge in [-0.3, -0.25) is 9.36 Å². The molecule has 0 bridgehead atoms. The normalized spacial score (nSPS) is 11.7. The first-order valence-electron chi connectivity index (χ1n) is 7.84. The van der Waals surface area contributed by atoms with E-state index < -0.39 is 10.0 Å². The minimum Gasteiger partial charge on any atom is -0.299 e. The topological polar surface area (TPSA) is 93.9 Å². The molecule has 0 spiro atoms. The van der Waals surface area contributed by atoms with E-state index in [2.05, 4.69) is 14.7 Å². The third-order valence-corrected chi connectivity index (χ3v) is 5.27. The van der Waals surface area contributed by atoms with Gasteiger partial charge in [-0.2, -0.15) is 0 Å². The number of pyridine rings is 1. The van der Waals surface area contributed by atoms with E-state index in [1.54, 1.807) is 42.6 Å². The molecule has 3 aromatic rings. The molecule has 0 unspecified atom stereocenters. The monoisotopic (exact) mass is 358 g/mol. The molecular formula is C17H18N4O3S. The number of aromatic nitrogens is 3. The fourth-order valence-corrected chi connectivity index (χ4v) is 3.49. The number of hydrogen-bond acceptors (Lipinski definition) is 5. The Kier molecular flexibility index (Phi) is 4.91. The minimum atomic E-state index is -3.54. The maximum absolute atomic E-state index is 12.3. The highest BCUT2D eigenvalue weighted by Gasteiger charge is 2.12. The number of nitrogens with zero attached hydrogens (tertiary/aromatic N) is 3. The van der Waals surface area contributed by atoms with Crippen LogP contribution in [-0.2, 0) is 16.6 Å². The third-order valence-electron chi connectivity index (χ3n) is 3.80. The van der Waals surface area contributed by atoms with Crippen molar-refractivity contribution in [2.24, 2.45) is 0 Å². The van der Waals surface area contributed by atoms with Gasteiger partial charge in [-0.15, -0.1) is 0 Å². The van der Waals surface area contributed by atoms with Crippen LogP contribution in [0.4, 0.5) is 0 Å². The summed E-state index contributed by atoms with van der Waals surface area (Å²) in [4.78, 5) is 20.7. The van der Waals surface area contributed by atoms with Crippen LogP contribution in [0.5, 0.6) is 0 Å². The lowest BCUT2D eigenvalue weighted by Gasteiger charge is -2.08. The molecule has 2 aromatic heterocycles. The lowest BCUT2D eigenvalue weighted by atomic mass is 10.2.